The number of fused-ring (bicyclic) bond motifs is 1. The molecule has 0 radical (unpaired) electrons. The second kappa shape index (κ2) is 6.92. The first kappa shape index (κ1) is 16.3. The molecule has 1 aromatic heterocycles. The Kier molecular flexibility index (Phi) is 4.71. The van der Waals surface area contributed by atoms with Crippen LogP contribution in [-0.4, -0.2) is 35.1 Å². The fraction of sp³-hybridized carbons (Fsp3) is 0.294. The lowest BCUT2D eigenvalue weighted by molar-refractivity contribution is 0.0813. The minimum absolute atomic E-state index is 0.0401. The number of hydrogen-bond donors (Lipinski definition) is 2. The number of aliphatic hydroxyl groups is 1. The van der Waals surface area contributed by atoms with Crippen molar-refractivity contribution in [3.8, 4) is 5.75 Å². The van der Waals surface area contributed by atoms with Crippen LogP contribution < -0.4 is 10.1 Å². The number of carbonyl (C=O) groups is 1. The Morgan fingerprint density at radius 1 is 1.38 bits per heavy atom. The summed E-state index contributed by atoms with van der Waals surface area (Å²) in [6, 6.07) is 9.65. The number of halogens is 2. The van der Waals surface area contributed by atoms with Gasteiger partial charge in [0, 0.05) is 18.7 Å². The van der Waals surface area contributed by atoms with Crippen molar-refractivity contribution in [1.29, 1.82) is 0 Å². The van der Waals surface area contributed by atoms with Crippen LogP contribution in [0.4, 0.5) is 8.78 Å². The van der Waals surface area contributed by atoms with E-state index in [0.29, 0.717) is 6.42 Å². The second-order valence-corrected chi connectivity index (χ2v) is 5.50. The molecule has 1 aliphatic carbocycles. The highest BCUT2D eigenvalue weighted by atomic mass is 19.3. The van der Waals surface area contributed by atoms with Gasteiger partial charge in [-0.3, -0.25) is 9.78 Å². The number of carbonyl (C=O) groups excluding carboxylic acids is 1. The van der Waals surface area contributed by atoms with Crippen molar-refractivity contribution in [2.24, 2.45) is 0 Å². The van der Waals surface area contributed by atoms with E-state index in [2.05, 4.69) is 10.3 Å². The van der Waals surface area contributed by atoms with Gasteiger partial charge in [0.05, 0.1) is 12.1 Å². The summed E-state index contributed by atoms with van der Waals surface area (Å²) in [4.78, 5) is 16.3. The van der Waals surface area contributed by atoms with Gasteiger partial charge in [0.1, 0.15) is 18.1 Å². The van der Waals surface area contributed by atoms with Crippen LogP contribution in [0.25, 0.3) is 0 Å². The van der Waals surface area contributed by atoms with E-state index in [4.69, 9.17) is 4.74 Å². The van der Waals surface area contributed by atoms with Gasteiger partial charge in [-0.1, -0.05) is 24.3 Å². The van der Waals surface area contributed by atoms with Gasteiger partial charge in [0.2, 0.25) is 0 Å². The minimum atomic E-state index is -2.60. The number of aromatic nitrogens is 1. The largest absolute Gasteiger partial charge is 0.488 e. The SMILES string of the molecule is O=C(NC1c2ccccc2CC1O)c1cc(OCC(F)F)ccn1. The summed E-state index contributed by atoms with van der Waals surface area (Å²) in [5, 5.41) is 12.9. The molecule has 2 atom stereocenters. The van der Waals surface area contributed by atoms with E-state index in [9.17, 15) is 18.7 Å². The third kappa shape index (κ3) is 3.51. The molecule has 0 spiro atoms. The van der Waals surface area contributed by atoms with Gasteiger partial charge >= 0.3 is 0 Å². The molecule has 0 fully saturated rings. The van der Waals surface area contributed by atoms with E-state index in [0.717, 1.165) is 11.1 Å². The molecule has 24 heavy (non-hydrogen) atoms. The highest BCUT2D eigenvalue weighted by Gasteiger charge is 2.32. The lowest BCUT2D eigenvalue weighted by Crippen LogP contribution is -2.34. The van der Waals surface area contributed by atoms with Crippen molar-refractivity contribution in [2.45, 2.75) is 25.0 Å². The Balaban J connectivity index is 1.72. The maximum Gasteiger partial charge on any atom is 0.272 e. The van der Waals surface area contributed by atoms with Crippen LogP contribution in [-0.2, 0) is 6.42 Å². The number of hydrogen-bond acceptors (Lipinski definition) is 4. The summed E-state index contributed by atoms with van der Waals surface area (Å²) >= 11 is 0. The van der Waals surface area contributed by atoms with Crippen LogP contribution in [0.5, 0.6) is 5.75 Å². The predicted octanol–water partition coefficient (Wildman–Crippen LogP) is 2.11. The van der Waals surface area contributed by atoms with Gasteiger partial charge in [-0.2, -0.15) is 0 Å². The number of alkyl halides is 2. The van der Waals surface area contributed by atoms with Gasteiger partial charge < -0.3 is 15.2 Å². The maximum absolute atomic E-state index is 12.4. The summed E-state index contributed by atoms with van der Waals surface area (Å²) in [6.07, 6.45) is -1.54. The Morgan fingerprint density at radius 2 is 2.17 bits per heavy atom. The molecule has 1 aliphatic rings. The average Bonchev–Trinajstić information content (AvgIpc) is 2.89. The fourth-order valence-corrected chi connectivity index (χ4v) is 2.75. The molecule has 2 aromatic rings. The standard InChI is InChI=1S/C17H16F2N2O3/c18-15(19)9-24-11-5-6-20-13(8-11)17(23)21-16-12-4-2-1-3-10(12)7-14(16)22/h1-6,8,14-16,22H,7,9H2,(H,21,23). The molecule has 3 rings (SSSR count). The number of nitrogens with one attached hydrogen (secondary N) is 1. The molecule has 0 bridgehead atoms. The van der Waals surface area contributed by atoms with Crippen molar-refractivity contribution in [3.05, 3.63) is 59.4 Å². The number of aliphatic hydroxyl groups excluding tert-OH is 1. The van der Waals surface area contributed by atoms with Crippen molar-refractivity contribution < 1.29 is 23.4 Å². The molecule has 0 aliphatic heterocycles. The number of nitrogens with zero attached hydrogens (tertiary/aromatic N) is 1. The summed E-state index contributed by atoms with van der Waals surface area (Å²) in [5.41, 5.74) is 1.89. The summed E-state index contributed by atoms with van der Waals surface area (Å²) in [7, 11) is 0. The summed E-state index contributed by atoms with van der Waals surface area (Å²) in [6.45, 7) is -0.750. The molecule has 1 heterocycles. The average molecular weight is 334 g/mol. The quantitative estimate of drug-likeness (QED) is 0.879. The topological polar surface area (TPSA) is 71.5 Å². The molecule has 5 nitrogen and oxygen atoms in total. The number of rotatable bonds is 5. The zero-order valence-corrected chi connectivity index (χ0v) is 12.7. The zero-order valence-electron chi connectivity index (χ0n) is 12.7. The third-order valence-electron chi connectivity index (χ3n) is 3.83. The maximum atomic E-state index is 12.4. The van der Waals surface area contributed by atoms with E-state index >= 15 is 0 Å². The van der Waals surface area contributed by atoms with Gasteiger partial charge in [-0.05, 0) is 17.2 Å². The molecule has 7 heteroatoms. The van der Waals surface area contributed by atoms with E-state index < -0.39 is 31.1 Å². The predicted molar refractivity (Wildman–Crippen MR) is 82.1 cm³/mol. The minimum Gasteiger partial charge on any atom is -0.488 e. The Hall–Kier alpha value is -2.54. The zero-order chi connectivity index (χ0) is 17.1. The van der Waals surface area contributed by atoms with E-state index in [1.807, 2.05) is 24.3 Å². The molecule has 0 saturated carbocycles. The van der Waals surface area contributed by atoms with Crippen molar-refractivity contribution in [2.75, 3.05) is 6.61 Å². The van der Waals surface area contributed by atoms with E-state index in [1.165, 1.54) is 18.3 Å². The van der Waals surface area contributed by atoms with Crippen molar-refractivity contribution >= 4 is 5.91 Å². The van der Waals surface area contributed by atoms with Crippen LogP contribution in [0.2, 0.25) is 0 Å². The number of ether oxygens (including phenoxy) is 1. The number of amides is 1. The van der Waals surface area contributed by atoms with Crippen LogP contribution in [0.3, 0.4) is 0 Å². The molecule has 2 N–H and O–H groups in total. The van der Waals surface area contributed by atoms with Crippen molar-refractivity contribution in [3.63, 3.8) is 0 Å². The van der Waals surface area contributed by atoms with Gasteiger partial charge in [-0.25, -0.2) is 8.78 Å². The van der Waals surface area contributed by atoms with Crippen LogP contribution in [0.15, 0.2) is 42.6 Å². The highest BCUT2D eigenvalue weighted by molar-refractivity contribution is 5.93. The molecule has 126 valence electrons. The van der Waals surface area contributed by atoms with E-state index in [-0.39, 0.29) is 11.4 Å². The second-order valence-electron chi connectivity index (χ2n) is 5.50. The summed E-state index contributed by atoms with van der Waals surface area (Å²) < 4.78 is 29.3. The van der Waals surface area contributed by atoms with Crippen LogP contribution in [0, 0.1) is 0 Å². The molecular formula is C17H16F2N2O3. The van der Waals surface area contributed by atoms with E-state index in [1.54, 1.807) is 0 Å². The molecule has 1 aromatic carbocycles. The first-order chi connectivity index (χ1) is 11.5. The third-order valence-corrected chi connectivity index (χ3v) is 3.83. The van der Waals surface area contributed by atoms with Gasteiger partial charge in [0.15, 0.2) is 0 Å². The van der Waals surface area contributed by atoms with Crippen LogP contribution in [0.1, 0.15) is 27.7 Å². The number of pyridine rings is 1. The normalized spacial score (nSPS) is 19.2. The molecule has 1 amide bonds. The first-order valence-corrected chi connectivity index (χ1v) is 7.48. The Morgan fingerprint density at radius 3 is 2.96 bits per heavy atom. The lowest BCUT2D eigenvalue weighted by Gasteiger charge is -2.17. The van der Waals surface area contributed by atoms with Crippen LogP contribution >= 0.6 is 0 Å². The smallest absolute Gasteiger partial charge is 0.272 e. The van der Waals surface area contributed by atoms with Gasteiger partial charge in [-0.15, -0.1) is 0 Å². The first-order valence-electron chi connectivity index (χ1n) is 7.48. The Bertz CT molecular complexity index is 739. The monoisotopic (exact) mass is 334 g/mol. The van der Waals surface area contributed by atoms with Crippen molar-refractivity contribution in [1.82, 2.24) is 10.3 Å². The Labute approximate surface area is 137 Å². The number of benzene rings is 1. The molecule has 2 unspecified atom stereocenters. The fourth-order valence-electron chi connectivity index (χ4n) is 2.75. The highest BCUT2D eigenvalue weighted by Crippen LogP contribution is 2.31. The molecule has 0 saturated heterocycles. The lowest BCUT2D eigenvalue weighted by atomic mass is 10.1. The van der Waals surface area contributed by atoms with Gasteiger partial charge in [0.25, 0.3) is 12.3 Å². The molecular weight excluding hydrogens is 318 g/mol. The summed E-state index contributed by atoms with van der Waals surface area (Å²) in [5.74, 6) is -0.360.